The van der Waals surface area contributed by atoms with Crippen LogP contribution in [-0.2, 0) is 0 Å². The lowest BCUT2D eigenvalue weighted by Crippen LogP contribution is -2.32. The minimum atomic E-state index is 0.543. The fraction of sp³-hybridized carbons (Fsp3) is 0.667. The molecule has 1 heteroatoms. The average Bonchev–Trinajstić information content (AvgIpc) is 2.36. The van der Waals surface area contributed by atoms with Gasteiger partial charge in [0.05, 0.1) is 0 Å². The molecule has 1 fully saturated rings. The topological polar surface area (TPSA) is 12.0 Å². The number of nitrogens with one attached hydrogen (secondary N) is 1. The van der Waals surface area contributed by atoms with Gasteiger partial charge in [-0.25, -0.2) is 0 Å². The van der Waals surface area contributed by atoms with E-state index in [2.05, 4.69) is 57.3 Å². The maximum Gasteiger partial charge on any atom is 0.0348 e. The van der Waals surface area contributed by atoms with Crippen molar-refractivity contribution in [1.82, 2.24) is 5.32 Å². The van der Waals surface area contributed by atoms with Crippen molar-refractivity contribution in [3.05, 3.63) is 35.4 Å². The van der Waals surface area contributed by atoms with Crippen molar-refractivity contribution < 1.29 is 0 Å². The highest BCUT2D eigenvalue weighted by Gasteiger charge is 2.31. The molecule has 1 aliphatic rings. The standard InChI is InChI=1S/C18H29N/c1-5-19-17(16-8-6-7-14(2)13-16)15-9-11-18(3,4)12-10-15/h6-8,13,15,17,19H,5,9-12H2,1-4H3. The number of benzene rings is 1. The molecule has 1 N–H and O–H groups in total. The van der Waals surface area contributed by atoms with Gasteiger partial charge in [0, 0.05) is 6.04 Å². The van der Waals surface area contributed by atoms with E-state index in [0.29, 0.717) is 11.5 Å². The van der Waals surface area contributed by atoms with Gasteiger partial charge in [0.15, 0.2) is 0 Å². The lowest BCUT2D eigenvalue weighted by Gasteiger charge is -2.38. The summed E-state index contributed by atoms with van der Waals surface area (Å²) in [5, 5.41) is 3.72. The molecule has 1 atom stereocenters. The molecule has 0 aromatic heterocycles. The predicted octanol–water partition coefficient (Wildman–Crippen LogP) is 4.86. The van der Waals surface area contributed by atoms with Gasteiger partial charge in [0.1, 0.15) is 0 Å². The molecular weight excluding hydrogens is 230 g/mol. The summed E-state index contributed by atoms with van der Waals surface area (Å²) in [7, 11) is 0. The second-order valence-corrected chi connectivity index (χ2v) is 6.95. The molecule has 0 aliphatic heterocycles. The van der Waals surface area contributed by atoms with Crippen LogP contribution in [0.1, 0.15) is 63.6 Å². The predicted molar refractivity (Wildman–Crippen MR) is 83.3 cm³/mol. The van der Waals surface area contributed by atoms with Gasteiger partial charge in [0.25, 0.3) is 0 Å². The second-order valence-electron chi connectivity index (χ2n) is 6.95. The number of aryl methyl sites for hydroxylation is 1. The molecule has 0 spiro atoms. The molecule has 1 unspecified atom stereocenters. The highest BCUT2D eigenvalue weighted by atomic mass is 14.9. The van der Waals surface area contributed by atoms with Gasteiger partial charge in [-0.2, -0.15) is 0 Å². The smallest absolute Gasteiger partial charge is 0.0348 e. The van der Waals surface area contributed by atoms with Crippen LogP contribution in [-0.4, -0.2) is 6.54 Å². The van der Waals surface area contributed by atoms with Gasteiger partial charge in [-0.05, 0) is 56.0 Å². The second kappa shape index (κ2) is 6.09. The minimum absolute atomic E-state index is 0.543. The average molecular weight is 259 g/mol. The summed E-state index contributed by atoms with van der Waals surface area (Å²) in [5.74, 6) is 0.801. The van der Waals surface area contributed by atoms with Gasteiger partial charge >= 0.3 is 0 Å². The highest BCUT2D eigenvalue weighted by molar-refractivity contribution is 5.25. The molecule has 106 valence electrons. The van der Waals surface area contributed by atoms with Crippen LogP contribution in [0.25, 0.3) is 0 Å². The minimum Gasteiger partial charge on any atom is -0.310 e. The van der Waals surface area contributed by atoms with Crippen LogP contribution >= 0.6 is 0 Å². The van der Waals surface area contributed by atoms with E-state index in [1.165, 1.54) is 36.8 Å². The quantitative estimate of drug-likeness (QED) is 0.814. The van der Waals surface area contributed by atoms with E-state index in [0.717, 1.165) is 12.5 Å². The van der Waals surface area contributed by atoms with Crippen molar-refractivity contribution in [2.75, 3.05) is 6.54 Å². The molecule has 0 bridgehead atoms. The van der Waals surface area contributed by atoms with Crippen LogP contribution in [0.5, 0.6) is 0 Å². The number of rotatable bonds is 4. The largest absolute Gasteiger partial charge is 0.310 e. The van der Waals surface area contributed by atoms with Crippen LogP contribution in [0.4, 0.5) is 0 Å². The van der Waals surface area contributed by atoms with Gasteiger partial charge in [-0.3, -0.25) is 0 Å². The van der Waals surface area contributed by atoms with Crippen molar-refractivity contribution in [1.29, 1.82) is 0 Å². The first-order chi connectivity index (χ1) is 9.02. The Morgan fingerprint density at radius 2 is 1.95 bits per heavy atom. The Morgan fingerprint density at radius 3 is 2.53 bits per heavy atom. The molecule has 0 amide bonds. The van der Waals surface area contributed by atoms with Crippen LogP contribution in [0.3, 0.4) is 0 Å². The van der Waals surface area contributed by atoms with Crippen molar-refractivity contribution in [2.24, 2.45) is 11.3 Å². The first-order valence-corrected chi connectivity index (χ1v) is 7.82. The third-order valence-electron chi connectivity index (χ3n) is 4.68. The Balaban J connectivity index is 2.12. The summed E-state index contributed by atoms with van der Waals surface area (Å²) in [4.78, 5) is 0. The summed E-state index contributed by atoms with van der Waals surface area (Å²) in [6.45, 7) is 10.3. The fourth-order valence-corrected chi connectivity index (χ4v) is 3.40. The zero-order valence-corrected chi connectivity index (χ0v) is 13.0. The molecule has 19 heavy (non-hydrogen) atoms. The molecule has 1 saturated carbocycles. The van der Waals surface area contributed by atoms with E-state index in [-0.39, 0.29) is 0 Å². The zero-order valence-electron chi connectivity index (χ0n) is 13.0. The van der Waals surface area contributed by atoms with Crippen molar-refractivity contribution >= 4 is 0 Å². The fourth-order valence-electron chi connectivity index (χ4n) is 3.40. The van der Waals surface area contributed by atoms with Crippen LogP contribution in [0.2, 0.25) is 0 Å². The highest BCUT2D eigenvalue weighted by Crippen LogP contribution is 2.42. The van der Waals surface area contributed by atoms with Crippen molar-refractivity contribution in [3.8, 4) is 0 Å². The van der Waals surface area contributed by atoms with Crippen molar-refractivity contribution in [3.63, 3.8) is 0 Å². The summed E-state index contributed by atoms with van der Waals surface area (Å²) < 4.78 is 0. The van der Waals surface area contributed by atoms with Gasteiger partial charge in [0.2, 0.25) is 0 Å². The Hall–Kier alpha value is -0.820. The Kier molecular flexibility index (Phi) is 4.67. The van der Waals surface area contributed by atoms with E-state index in [1.54, 1.807) is 0 Å². The van der Waals surface area contributed by atoms with Gasteiger partial charge < -0.3 is 5.32 Å². The SMILES string of the molecule is CCNC(c1cccc(C)c1)C1CCC(C)(C)CC1. The number of hydrogen-bond donors (Lipinski definition) is 1. The van der Waals surface area contributed by atoms with Crippen molar-refractivity contribution in [2.45, 2.75) is 59.4 Å². The number of hydrogen-bond acceptors (Lipinski definition) is 1. The molecular formula is C18H29N. The third kappa shape index (κ3) is 3.82. The molecule has 0 radical (unpaired) electrons. The first-order valence-electron chi connectivity index (χ1n) is 7.82. The summed E-state index contributed by atoms with van der Waals surface area (Å²) in [5.41, 5.74) is 3.41. The molecule has 0 saturated heterocycles. The summed E-state index contributed by atoms with van der Waals surface area (Å²) >= 11 is 0. The van der Waals surface area contributed by atoms with Crippen LogP contribution in [0.15, 0.2) is 24.3 Å². The Labute approximate surface area is 118 Å². The maximum atomic E-state index is 3.72. The van der Waals surface area contributed by atoms with Crippen LogP contribution < -0.4 is 5.32 Å². The zero-order chi connectivity index (χ0) is 13.9. The van der Waals surface area contributed by atoms with E-state index in [1.807, 2.05) is 0 Å². The van der Waals surface area contributed by atoms with Crippen LogP contribution in [0, 0.1) is 18.3 Å². The van der Waals surface area contributed by atoms with E-state index in [4.69, 9.17) is 0 Å². The lowest BCUT2D eigenvalue weighted by molar-refractivity contribution is 0.162. The summed E-state index contributed by atoms with van der Waals surface area (Å²) in [6, 6.07) is 9.58. The molecule has 1 aliphatic carbocycles. The lowest BCUT2D eigenvalue weighted by atomic mass is 9.70. The Bertz CT molecular complexity index is 398. The Morgan fingerprint density at radius 1 is 1.26 bits per heavy atom. The van der Waals surface area contributed by atoms with Gasteiger partial charge in [-0.1, -0.05) is 50.6 Å². The molecule has 2 rings (SSSR count). The van der Waals surface area contributed by atoms with E-state index >= 15 is 0 Å². The molecule has 1 nitrogen and oxygen atoms in total. The van der Waals surface area contributed by atoms with Gasteiger partial charge in [-0.15, -0.1) is 0 Å². The third-order valence-corrected chi connectivity index (χ3v) is 4.68. The first kappa shape index (κ1) is 14.6. The van der Waals surface area contributed by atoms with E-state index < -0.39 is 0 Å². The monoisotopic (exact) mass is 259 g/mol. The summed E-state index contributed by atoms with van der Waals surface area (Å²) in [6.07, 6.45) is 5.45. The molecule has 1 aromatic rings. The van der Waals surface area contributed by atoms with E-state index in [9.17, 15) is 0 Å². The molecule has 0 heterocycles. The normalized spacial score (nSPS) is 21.3. The molecule has 1 aromatic carbocycles. The maximum absolute atomic E-state index is 3.72.